The molecule has 4 rings (SSSR count). The molecule has 10 atom stereocenters. The van der Waals surface area contributed by atoms with Crippen LogP contribution in [0.3, 0.4) is 0 Å². The Morgan fingerprint density at radius 2 is 1.83 bits per heavy atom. The van der Waals surface area contributed by atoms with Gasteiger partial charge < -0.3 is 18.9 Å². The summed E-state index contributed by atoms with van der Waals surface area (Å²) in [5, 5.41) is 0. The minimum atomic E-state index is -0.749. The second kappa shape index (κ2) is 11.6. The lowest BCUT2D eigenvalue weighted by atomic mass is 9.59. The van der Waals surface area contributed by atoms with E-state index >= 15 is 0 Å². The summed E-state index contributed by atoms with van der Waals surface area (Å²) >= 11 is 0. The fourth-order valence-electron chi connectivity index (χ4n) is 7.55. The van der Waals surface area contributed by atoms with Crippen LogP contribution in [0, 0.1) is 29.6 Å². The molecule has 6 heteroatoms. The zero-order valence-corrected chi connectivity index (χ0v) is 23.3. The van der Waals surface area contributed by atoms with Gasteiger partial charge in [-0.15, -0.1) is 0 Å². The van der Waals surface area contributed by atoms with Gasteiger partial charge in [0, 0.05) is 31.6 Å². The minimum absolute atomic E-state index is 0.0351. The van der Waals surface area contributed by atoms with Gasteiger partial charge in [0.25, 0.3) is 0 Å². The summed E-state index contributed by atoms with van der Waals surface area (Å²) in [7, 11) is 0. The number of carbonyl (C=O) groups is 2. The molecule has 3 aliphatic heterocycles. The number of ether oxygens (including phenoxy) is 4. The van der Waals surface area contributed by atoms with Crippen molar-refractivity contribution < 1.29 is 28.5 Å². The SMILES string of the molecule is CCCCCCCC(=O)O[C@@H]1C/C=C(/C)C[C@@H]2O[C@H]3[C@H]4C(C[C@@H](C)[C@@H](OC(C)=O)[C@H]42)[C@@H](C)CO[C@@]13C. The minimum Gasteiger partial charge on any atom is -0.462 e. The van der Waals surface area contributed by atoms with Crippen LogP contribution in [0.15, 0.2) is 11.6 Å². The third-order valence-electron chi connectivity index (χ3n) is 9.48. The first-order valence-corrected chi connectivity index (χ1v) is 14.5. The van der Waals surface area contributed by atoms with Gasteiger partial charge in [-0.2, -0.15) is 0 Å². The van der Waals surface area contributed by atoms with Crippen molar-refractivity contribution in [2.24, 2.45) is 29.6 Å². The van der Waals surface area contributed by atoms with Crippen LogP contribution in [0.5, 0.6) is 0 Å². The van der Waals surface area contributed by atoms with Crippen LogP contribution in [0.2, 0.25) is 0 Å². The lowest BCUT2D eigenvalue weighted by Gasteiger charge is -2.47. The fraction of sp³-hybridized carbons (Fsp3) is 0.867. The Bertz CT molecular complexity index is 822. The van der Waals surface area contributed by atoms with Crippen molar-refractivity contribution in [2.45, 2.75) is 129 Å². The quantitative estimate of drug-likeness (QED) is 0.229. The Morgan fingerprint density at radius 3 is 2.56 bits per heavy atom. The number of unbranched alkanes of at least 4 members (excludes halogenated alkanes) is 4. The molecule has 3 heterocycles. The number of esters is 2. The normalized spacial score (nSPS) is 43.3. The van der Waals surface area contributed by atoms with Crippen LogP contribution in [0.25, 0.3) is 0 Å². The lowest BCUT2D eigenvalue weighted by molar-refractivity contribution is -0.202. The molecule has 0 amide bonds. The number of rotatable bonds is 8. The largest absolute Gasteiger partial charge is 0.462 e. The summed E-state index contributed by atoms with van der Waals surface area (Å²) in [4.78, 5) is 25.1. The zero-order valence-electron chi connectivity index (χ0n) is 23.3. The van der Waals surface area contributed by atoms with Crippen molar-refractivity contribution in [1.82, 2.24) is 0 Å². The van der Waals surface area contributed by atoms with Crippen LogP contribution in [-0.2, 0) is 28.5 Å². The maximum atomic E-state index is 13.0. The van der Waals surface area contributed by atoms with Crippen molar-refractivity contribution in [3.63, 3.8) is 0 Å². The van der Waals surface area contributed by atoms with Gasteiger partial charge in [-0.1, -0.05) is 58.1 Å². The summed E-state index contributed by atoms with van der Waals surface area (Å²) in [5.74, 6) is 1.01. The molecular weight excluding hydrogens is 456 g/mol. The summed E-state index contributed by atoms with van der Waals surface area (Å²) < 4.78 is 25.9. The number of hydrogen-bond acceptors (Lipinski definition) is 6. The smallest absolute Gasteiger partial charge is 0.306 e. The van der Waals surface area contributed by atoms with Crippen LogP contribution in [0.4, 0.5) is 0 Å². The molecule has 1 unspecified atom stereocenters. The van der Waals surface area contributed by atoms with Crippen LogP contribution in [-0.4, -0.2) is 48.6 Å². The molecule has 1 saturated carbocycles. The Kier molecular flexibility index (Phi) is 8.87. The molecule has 4 aliphatic rings. The highest BCUT2D eigenvalue weighted by Gasteiger charge is 2.65. The van der Waals surface area contributed by atoms with Crippen molar-refractivity contribution in [3.8, 4) is 0 Å². The van der Waals surface area contributed by atoms with E-state index in [1.807, 2.05) is 0 Å². The molecule has 3 fully saturated rings. The second-order valence-electron chi connectivity index (χ2n) is 12.3. The molecule has 0 aromatic rings. The summed E-state index contributed by atoms with van der Waals surface area (Å²) in [5.41, 5.74) is 0.481. The third-order valence-corrected chi connectivity index (χ3v) is 9.48. The fourth-order valence-corrected chi connectivity index (χ4v) is 7.55. The topological polar surface area (TPSA) is 71.1 Å². The summed E-state index contributed by atoms with van der Waals surface area (Å²) in [6.45, 7) is 13.0. The summed E-state index contributed by atoms with van der Waals surface area (Å²) in [6, 6.07) is 0. The number of hydrogen-bond donors (Lipinski definition) is 0. The Labute approximate surface area is 217 Å². The van der Waals surface area contributed by atoms with E-state index in [0.29, 0.717) is 31.3 Å². The van der Waals surface area contributed by atoms with Crippen LogP contribution < -0.4 is 0 Å². The predicted molar refractivity (Wildman–Crippen MR) is 138 cm³/mol. The molecule has 36 heavy (non-hydrogen) atoms. The highest BCUT2D eigenvalue weighted by atomic mass is 16.6. The summed E-state index contributed by atoms with van der Waals surface area (Å²) in [6.07, 6.45) is 9.77. The number of fused-ring (bicyclic) bond motifs is 2. The maximum absolute atomic E-state index is 13.0. The highest BCUT2D eigenvalue weighted by molar-refractivity contribution is 5.69. The Morgan fingerprint density at radius 1 is 1.08 bits per heavy atom. The first-order valence-electron chi connectivity index (χ1n) is 14.5. The Hall–Kier alpha value is -1.40. The van der Waals surface area contributed by atoms with E-state index in [-0.39, 0.29) is 48.0 Å². The van der Waals surface area contributed by atoms with Crippen molar-refractivity contribution in [2.75, 3.05) is 6.61 Å². The molecule has 0 radical (unpaired) electrons. The van der Waals surface area contributed by atoms with Crippen LogP contribution >= 0.6 is 0 Å². The van der Waals surface area contributed by atoms with E-state index < -0.39 is 11.7 Å². The van der Waals surface area contributed by atoms with Gasteiger partial charge in [-0.3, -0.25) is 9.59 Å². The molecule has 0 aromatic heterocycles. The highest BCUT2D eigenvalue weighted by Crippen LogP contribution is 2.57. The lowest BCUT2D eigenvalue weighted by Crippen LogP contribution is -2.57. The van der Waals surface area contributed by atoms with Gasteiger partial charge in [-0.05, 0) is 50.9 Å². The van der Waals surface area contributed by atoms with E-state index in [2.05, 4.69) is 40.7 Å². The van der Waals surface area contributed by atoms with E-state index in [1.165, 1.54) is 25.3 Å². The van der Waals surface area contributed by atoms with Gasteiger partial charge in [0.15, 0.2) is 0 Å². The van der Waals surface area contributed by atoms with Crippen molar-refractivity contribution in [3.05, 3.63) is 11.6 Å². The van der Waals surface area contributed by atoms with Gasteiger partial charge in [0.2, 0.25) is 0 Å². The molecule has 6 nitrogen and oxygen atoms in total. The van der Waals surface area contributed by atoms with Crippen molar-refractivity contribution >= 4 is 11.9 Å². The van der Waals surface area contributed by atoms with Crippen LogP contribution in [0.1, 0.15) is 99.3 Å². The van der Waals surface area contributed by atoms with E-state index in [4.69, 9.17) is 18.9 Å². The van der Waals surface area contributed by atoms with Gasteiger partial charge in [0.1, 0.15) is 17.8 Å². The first-order chi connectivity index (χ1) is 17.2. The maximum Gasteiger partial charge on any atom is 0.306 e. The molecule has 2 saturated heterocycles. The average Bonchev–Trinajstić information content (AvgIpc) is 3.17. The van der Waals surface area contributed by atoms with E-state index in [9.17, 15) is 9.59 Å². The molecule has 1 aliphatic carbocycles. The Balaban J connectivity index is 1.63. The van der Waals surface area contributed by atoms with E-state index in [1.54, 1.807) is 0 Å². The van der Waals surface area contributed by atoms with Gasteiger partial charge >= 0.3 is 11.9 Å². The standard InChI is InChI=1S/C30H48O6/c1-7-8-9-10-11-12-25(32)36-24-14-13-18(2)15-23-27-26-22(16-19(3)28(27)34-21(5)31)20(4)17-33-30(24,6)29(26)35-23/h13,19-20,22-24,26-29H,7-12,14-17H2,1-6H3/b18-13-/t19-,20+,22?,23+,24-,26+,27+,28-,29+,30+/m1/s1. The molecule has 2 bridgehead atoms. The molecule has 204 valence electrons. The van der Waals surface area contributed by atoms with Crippen molar-refractivity contribution in [1.29, 1.82) is 0 Å². The number of carbonyl (C=O) groups excluding carboxylic acids is 2. The molecule has 0 aromatic carbocycles. The zero-order chi connectivity index (χ0) is 26.0. The second-order valence-corrected chi connectivity index (χ2v) is 12.3. The first kappa shape index (κ1) is 27.6. The third kappa shape index (κ3) is 5.55. The molecule has 0 N–H and O–H groups in total. The average molecular weight is 505 g/mol. The monoisotopic (exact) mass is 504 g/mol. The predicted octanol–water partition coefficient (Wildman–Crippen LogP) is 6.01. The van der Waals surface area contributed by atoms with Gasteiger partial charge in [0.05, 0.1) is 18.8 Å². The van der Waals surface area contributed by atoms with E-state index in [0.717, 1.165) is 32.1 Å². The molecule has 0 spiro atoms. The van der Waals surface area contributed by atoms with Gasteiger partial charge in [-0.25, -0.2) is 0 Å². The molecular formula is C30H48O6.